The number of carbonyl (C=O) groups is 2. The summed E-state index contributed by atoms with van der Waals surface area (Å²) >= 11 is 1.65. The first-order valence-electron chi connectivity index (χ1n) is 13.7. The maximum absolute atomic E-state index is 13.3. The van der Waals surface area contributed by atoms with Crippen LogP contribution in [0.4, 0.5) is 0 Å². The first-order valence-corrected chi connectivity index (χ1v) is 14.5. The molecular formula is C32H43NO5S. The van der Waals surface area contributed by atoms with Gasteiger partial charge in [-0.1, -0.05) is 70.6 Å². The smallest absolute Gasteiger partial charge is 0.309 e. The first-order chi connectivity index (χ1) is 18.2. The van der Waals surface area contributed by atoms with Gasteiger partial charge in [-0.05, 0) is 56.4 Å². The predicted octanol–water partition coefficient (Wildman–Crippen LogP) is 6.44. The molecule has 1 aliphatic rings. The van der Waals surface area contributed by atoms with Gasteiger partial charge in [0.05, 0.1) is 39.3 Å². The summed E-state index contributed by atoms with van der Waals surface area (Å²) in [4.78, 5) is 31.0. The number of fused-ring (bicyclic) bond motifs is 1. The Morgan fingerprint density at radius 1 is 1.15 bits per heavy atom. The molecule has 7 heteroatoms. The van der Waals surface area contributed by atoms with Gasteiger partial charge in [0.25, 0.3) is 0 Å². The van der Waals surface area contributed by atoms with E-state index in [2.05, 4.69) is 17.1 Å². The number of rotatable bonds is 2. The minimum absolute atomic E-state index is 0.145. The number of cyclic esters (lactones) is 1. The molecular weight excluding hydrogens is 510 g/mol. The Labute approximate surface area is 236 Å². The van der Waals surface area contributed by atoms with Crippen molar-refractivity contribution in [2.24, 2.45) is 23.2 Å². The number of nitrogens with zero attached hydrogens (tertiary/aromatic N) is 1. The van der Waals surface area contributed by atoms with Crippen molar-refractivity contribution in [1.82, 2.24) is 4.98 Å². The number of ether oxygens (including phenoxy) is 1. The van der Waals surface area contributed by atoms with E-state index in [4.69, 9.17) is 4.74 Å². The highest BCUT2D eigenvalue weighted by Gasteiger charge is 2.42. The Balaban J connectivity index is 1.98. The lowest BCUT2D eigenvalue weighted by atomic mass is 9.73. The summed E-state index contributed by atoms with van der Waals surface area (Å²) in [7, 11) is 0. The fraction of sp³-hybridized carbons (Fsp3) is 0.531. The van der Waals surface area contributed by atoms with Crippen LogP contribution in [-0.4, -0.2) is 45.3 Å². The van der Waals surface area contributed by atoms with E-state index in [1.165, 1.54) is 0 Å². The van der Waals surface area contributed by atoms with Crippen LogP contribution in [0.15, 0.2) is 47.6 Å². The third-order valence-corrected chi connectivity index (χ3v) is 8.80. The van der Waals surface area contributed by atoms with Gasteiger partial charge in [0.15, 0.2) is 0 Å². The Hall–Kier alpha value is -2.61. The van der Waals surface area contributed by atoms with E-state index >= 15 is 0 Å². The topological polar surface area (TPSA) is 96.7 Å². The monoisotopic (exact) mass is 553 g/mol. The van der Waals surface area contributed by atoms with Crippen molar-refractivity contribution in [1.29, 1.82) is 0 Å². The summed E-state index contributed by atoms with van der Waals surface area (Å²) in [6, 6.07) is 6.11. The van der Waals surface area contributed by atoms with Gasteiger partial charge in [-0.3, -0.25) is 9.59 Å². The molecule has 0 amide bonds. The molecule has 1 aliphatic heterocycles. The molecule has 6 atom stereocenters. The van der Waals surface area contributed by atoms with E-state index in [1.807, 2.05) is 65.0 Å². The van der Waals surface area contributed by atoms with Crippen LogP contribution >= 0.6 is 11.3 Å². The molecule has 0 spiro atoms. The summed E-state index contributed by atoms with van der Waals surface area (Å²) in [6.07, 6.45) is 5.70. The summed E-state index contributed by atoms with van der Waals surface area (Å²) in [5.74, 6) is -1.83. The van der Waals surface area contributed by atoms with Crippen LogP contribution in [0, 0.1) is 30.1 Å². The van der Waals surface area contributed by atoms with Gasteiger partial charge < -0.3 is 14.9 Å². The zero-order chi connectivity index (χ0) is 29.1. The van der Waals surface area contributed by atoms with Crippen molar-refractivity contribution < 1.29 is 24.5 Å². The van der Waals surface area contributed by atoms with Crippen LogP contribution in [0.25, 0.3) is 16.3 Å². The highest BCUT2D eigenvalue weighted by atomic mass is 32.1. The quantitative estimate of drug-likeness (QED) is 0.416. The number of carbonyl (C=O) groups excluding carboxylic acids is 2. The summed E-state index contributed by atoms with van der Waals surface area (Å²) < 4.78 is 7.12. The lowest BCUT2D eigenvalue weighted by Gasteiger charge is -2.34. The van der Waals surface area contributed by atoms with Crippen LogP contribution in [-0.2, 0) is 14.3 Å². The van der Waals surface area contributed by atoms with E-state index < -0.39 is 35.6 Å². The van der Waals surface area contributed by atoms with Crippen LogP contribution in [0.5, 0.6) is 0 Å². The van der Waals surface area contributed by atoms with Gasteiger partial charge in [-0.25, -0.2) is 4.98 Å². The number of Topliss-reactive ketones (excluding diaryl/α,β-unsaturated/α-hetero) is 1. The van der Waals surface area contributed by atoms with E-state index in [0.29, 0.717) is 6.42 Å². The molecule has 2 heterocycles. The second-order valence-electron chi connectivity index (χ2n) is 11.7. The SMILES string of the molecule is CC1=C\[C@H](C)[C@@H](/C(C)=C/c2ccc3sc(C)nc3c2)OC(=O)C[C@H](O)C(C)(C)C(=O)[C@H](C)[C@@H](O)[C@@H](C)C\C=C\1. The first kappa shape index (κ1) is 30.9. The maximum Gasteiger partial charge on any atom is 0.309 e. The fourth-order valence-corrected chi connectivity index (χ4v) is 6.08. The predicted molar refractivity (Wildman–Crippen MR) is 158 cm³/mol. The van der Waals surface area contributed by atoms with Crippen molar-refractivity contribution in [3.63, 3.8) is 0 Å². The third-order valence-electron chi connectivity index (χ3n) is 7.85. The van der Waals surface area contributed by atoms with Gasteiger partial charge in [0.2, 0.25) is 0 Å². The number of benzene rings is 1. The largest absolute Gasteiger partial charge is 0.457 e. The minimum Gasteiger partial charge on any atom is -0.457 e. The van der Waals surface area contributed by atoms with Crippen LogP contribution in [0.1, 0.15) is 71.9 Å². The number of ketones is 1. The number of allylic oxidation sites excluding steroid dienone is 3. The van der Waals surface area contributed by atoms with E-state index in [9.17, 15) is 19.8 Å². The molecule has 0 unspecified atom stereocenters. The van der Waals surface area contributed by atoms with Gasteiger partial charge >= 0.3 is 5.97 Å². The molecule has 0 saturated carbocycles. The number of thiazole rings is 1. The van der Waals surface area contributed by atoms with Gasteiger partial charge in [-0.15, -0.1) is 11.3 Å². The minimum atomic E-state index is -1.25. The number of hydrogen-bond donors (Lipinski definition) is 2. The molecule has 2 N–H and O–H groups in total. The highest BCUT2D eigenvalue weighted by molar-refractivity contribution is 7.18. The van der Waals surface area contributed by atoms with Gasteiger partial charge in [0.1, 0.15) is 11.9 Å². The van der Waals surface area contributed by atoms with Crippen molar-refractivity contribution in [2.45, 2.75) is 86.5 Å². The van der Waals surface area contributed by atoms with Gasteiger partial charge in [-0.2, -0.15) is 0 Å². The summed E-state index contributed by atoms with van der Waals surface area (Å²) in [6.45, 7) is 14.8. The molecule has 39 heavy (non-hydrogen) atoms. The Bertz CT molecular complexity index is 1290. The molecule has 3 rings (SSSR count). The van der Waals surface area contributed by atoms with Gasteiger partial charge in [0, 0.05) is 11.8 Å². The number of aliphatic hydroxyl groups is 2. The molecule has 0 saturated heterocycles. The van der Waals surface area contributed by atoms with E-state index in [1.54, 1.807) is 32.1 Å². The summed E-state index contributed by atoms with van der Waals surface area (Å²) in [5.41, 5.74) is 2.55. The fourth-order valence-electron chi connectivity index (χ4n) is 5.28. The molecule has 0 aliphatic carbocycles. The molecule has 1 aromatic heterocycles. The maximum atomic E-state index is 13.3. The average Bonchev–Trinajstić information content (AvgIpc) is 3.24. The third kappa shape index (κ3) is 7.53. The van der Waals surface area contributed by atoms with Crippen LogP contribution < -0.4 is 0 Å². The molecule has 0 radical (unpaired) electrons. The van der Waals surface area contributed by atoms with Crippen LogP contribution in [0.2, 0.25) is 0 Å². The molecule has 0 bridgehead atoms. The molecule has 212 valence electrons. The number of aliphatic hydroxyl groups excluding tert-OH is 2. The lowest BCUT2D eigenvalue weighted by molar-refractivity contribution is -0.155. The average molecular weight is 554 g/mol. The zero-order valence-corrected chi connectivity index (χ0v) is 25.2. The second kappa shape index (κ2) is 12.7. The molecule has 2 aromatic rings. The zero-order valence-electron chi connectivity index (χ0n) is 24.4. The number of hydrogen-bond acceptors (Lipinski definition) is 7. The Morgan fingerprint density at radius 2 is 1.85 bits per heavy atom. The number of aromatic nitrogens is 1. The van der Waals surface area contributed by atoms with Crippen molar-refractivity contribution in [2.75, 3.05) is 0 Å². The second-order valence-corrected chi connectivity index (χ2v) is 13.0. The van der Waals surface area contributed by atoms with E-state index in [0.717, 1.165) is 31.9 Å². The molecule has 0 fully saturated rings. The highest BCUT2D eigenvalue weighted by Crippen LogP contribution is 2.32. The standard InChI is InChI=1S/C32H43NO5S/c1-18-10-9-11-19(2)29(36)22(5)31(37)32(7,8)27(34)17-28(35)38-30(20(3)14-18)21(4)15-24-12-13-26-25(16-24)33-23(6)39-26/h9-10,12-16,19-20,22,27,29-30,34,36H,11,17H2,1-8H3/b10-9+,18-14+,21-15+/t19-,20-,22+,27-,29-,30-/m0/s1. The Morgan fingerprint density at radius 3 is 2.54 bits per heavy atom. The Kier molecular flexibility index (Phi) is 10.1. The number of esters is 1. The van der Waals surface area contributed by atoms with E-state index in [-0.39, 0.29) is 24.0 Å². The molecule has 1 aromatic carbocycles. The van der Waals surface area contributed by atoms with Crippen LogP contribution in [0.3, 0.4) is 0 Å². The van der Waals surface area contributed by atoms with Crippen molar-refractivity contribution >= 4 is 39.4 Å². The van der Waals surface area contributed by atoms with Crippen molar-refractivity contribution in [3.05, 3.63) is 58.1 Å². The molecule has 6 nitrogen and oxygen atoms in total. The summed E-state index contributed by atoms with van der Waals surface area (Å²) in [5, 5.41) is 22.8. The lowest BCUT2D eigenvalue weighted by Crippen LogP contribution is -2.45. The van der Waals surface area contributed by atoms with Crippen molar-refractivity contribution in [3.8, 4) is 0 Å². The number of aryl methyl sites for hydroxylation is 1. The normalized spacial score (nSPS) is 31.9.